The van der Waals surface area contributed by atoms with Crippen LogP contribution in [0.15, 0.2) is 6.07 Å². The molecule has 94 valence electrons. The SMILES string of the molecule is Cc1cc(NN)nc(CN2CC(O)C(O)C2)n1. The predicted molar refractivity (Wildman–Crippen MR) is 61.9 cm³/mol. The van der Waals surface area contributed by atoms with Crippen LogP contribution in [0, 0.1) is 6.92 Å². The third-order valence-electron chi connectivity index (χ3n) is 2.75. The molecule has 2 atom stereocenters. The molecule has 0 spiro atoms. The quantitative estimate of drug-likeness (QED) is 0.380. The summed E-state index contributed by atoms with van der Waals surface area (Å²) in [4.78, 5) is 10.4. The van der Waals surface area contributed by atoms with Gasteiger partial charge in [-0.3, -0.25) is 4.90 Å². The number of nitrogens with one attached hydrogen (secondary N) is 1. The van der Waals surface area contributed by atoms with Crippen molar-refractivity contribution in [1.82, 2.24) is 14.9 Å². The maximum absolute atomic E-state index is 9.44. The molecule has 1 fully saturated rings. The molecule has 7 nitrogen and oxygen atoms in total. The van der Waals surface area contributed by atoms with Crippen molar-refractivity contribution >= 4 is 5.82 Å². The van der Waals surface area contributed by atoms with Crippen LogP contribution >= 0.6 is 0 Å². The molecular formula is C10H17N5O2. The Morgan fingerprint density at radius 3 is 2.65 bits per heavy atom. The molecule has 0 radical (unpaired) electrons. The van der Waals surface area contributed by atoms with Gasteiger partial charge in [-0.05, 0) is 6.92 Å². The first-order chi connectivity index (χ1) is 8.08. The van der Waals surface area contributed by atoms with Crippen LogP contribution in [-0.4, -0.2) is 50.4 Å². The van der Waals surface area contributed by atoms with Crippen LogP contribution in [0.4, 0.5) is 5.82 Å². The fourth-order valence-electron chi connectivity index (χ4n) is 1.95. The molecule has 2 unspecified atom stereocenters. The molecular weight excluding hydrogens is 222 g/mol. The van der Waals surface area contributed by atoms with Crippen LogP contribution in [0.5, 0.6) is 0 Å². The average molecular weight is 239 g/mol. The first kappa shape index (κ1) is 12.2. The number of hydrogen-bond acceptors (Lipinski definition) is 7. The van der Waals surface area contributed by atoms with Crippen molar-refractivity contribution in [3.05, 3.63) is 17.6 Å². The highest BCUT2D eigenvalue weighted by atomic mass is 16.3. The third kappa shape index (κ3) is 2.89. The lowest BCUT2D eigenvalue weighted by Gasteiger charge is -2.14. The minimum Gasteiger partial charge on any atom is -0.389 e. The van der Waals surface area contributed by atoms with E-state index in [2.05, 4.69) is 15.4 Å². The van der Waals surface area contributed by atoms with Gasteiger partial charge in [0.1, 0.15) is 11.6 Å². The van der Waals surface area contributed by atoms with Gasteiger partial charge in [0.05, 0.1) is 18.8 Å². The second-order valence-corrected chi connectivity index (χ2v) is 4.28. The summed E-state index contributed by atoms with van der Waals surface area (Å²) >= 11 is 0. The molecule has 0 aliphatic carbocycles. The summed E-state index contributed by atoms with van der Waals surface area (Å²) in [6.45, 7) is 3.22. The number of hydrazine groups is 1. The van der Waals surface area contributed by atoms with Gasteiger partial charge in [-0.1, -0.05) is 0 Å². The Balaban J connectivity index is 2.06. The van der Waals surface area contributed by atoms with E-state index in [0.29, 0.717) is 31.3 Å². The van der Waals surface area contributed by atoms with Crippen molar-refractivity contribution in [2.45, 2.75) is 25.7 Å². The summed E-state index contributed by atoms with van der Waals surface area (Å²) in [6, 6.07) is 1.75. The Morgan fingerprint density at radius 2 is 2.06 bits per heavy atom. The molecule has 1 aliphatic heterocycles. The van der Waals surface area contributed by atoms with E-state index in [1.165, 1.54) is 0 Å². The summed E-state index contributed by atoms with van der Waals surface area (Å²) < 4.78 is 0. The van der Waals surface area contributed by atoms with Crippen LogP contribution in [0.3, 0.4) is 0 Å². The van der Waals surface area contributed by atoms with Gasteiger partial charge in [0, 0.05) is 24.8 Å². The number of nitrogens with two attached hydrogens (primary N) is 1. The lowest BCUT2D eigenvalue weighted by Crippen LogP contribution is -2.23. The van der Waals surface area contributed by atoms with Crippen molar-refractivity contribution < 1.29 is 10.2 Å². The Bertz CT molecular complexity index is 390. The summed E-state index contributed by atoms with van der Waals surface area (Å²) in [5, 5.41) is 18.9. The molecule has 2 heterocycles. The highest BCUT2D eigenvalue weighted by molar-refractivity contribution is 5.33. The number of aliphatic hydroxyl groups excluding tert-OH is 2. The Hall–Kier alpha value is -1.28. The standard InChI is InChI=1S/C10H17N5O2/c1-6-2-9(14-11)13-10(12-6)5-15-3-7(16)8(17)4-15/h2,7-8,16-17H,3-5,11H2,1H3,(H,12,13,14). The molecule has 0 aromatic carbocycles. The summed E-state index contributed by atoms with van der Waals surface area (Å²) in [6.07, 6.45) is -1.38. The molecule has 0 saturated carbocycles. The van der Waals surface area contributed by atoms with E-state index in [1.807, 2.05) is 11.8 Å². The molecule has 2 rings (SSSR count). The van der Waals surface area contributed by atoms with Crippen molar-refractivity contribution in [2.75, 3.05) is 18.5 Å². The molecule has 5 N–H and O–H groups in total. The highest BCUT2D eigenvalue weighted by Crippen LogP contribution is 2.13. The van der Waals surface area contributed by atoms with Gasteiger partial charge in [0.2, 0.25) is 0 Å². The number of likely N-dealkylation sites (tertiary alicyclic amines) is 1. The number of hydrogen-bond donors (Lipinski definition) is 4. The van der Waals surface area contributed by atoms with E-state index in [4.69, 9.17) is 5.84 Å². The molecule has 17 heavy (non-hydrogen) atoms. The van der Waals surface area contributed by atoms with Crippen LogP contribution < -0.4 is 11.3 Å². The molecule has 7 heteroatoms. The lowest BCUT2D eigenvalue weighted by atomic mass is 10.3. The van der Waals surface area contributed by atoms with E-state index in [1.54, 1.807) is 6.07 Å². The van der Waals surface area contributed by atoms with Crippen molar-refractivity contribution in [2.24, 2.45) is 5.84 Å². The highest BCUT2D eigenvalue weighted by Gasteiger charge is 2.29. The molecule has 1 saturated heterocycles. The number of anilines is 1. The average Bonchev–Trinajstić information content (AvgIpc) is 2.57. The van der Waals surface area contributed by atoms with Gasteiger partial charge >= 0.3 is 0 Å². The van der Waals surface area contributed by atoms with E-state index >= 15 is 0 Å². The second-order valence-electron chi connectivity index (χ2n) is 4.28. The van der Waals surface area contributed by atoms with Crippen molar-refractivity contribution in [3.63, 3.8) is 0 Å². The van der Waals surface area contributed by atoms with Gasteiger partial charge in [0.25, 0.3) is 0 Å². The molecule has 0 amide bonds. The van der Waals surface area contributed by atoms with Crippen LogP contribution in [-0.2, 0) is 6.54 Å². The van der Waals surface area contributed by atoms with E-state index in [0.717, 1.165) is 5.69 Å². The number of aromatic nitrogens is 2. The zero-order chi connectivity index (χ0) is 12.4. The Labute approximate surface area is 99.3 Å². The summed E-state index contributed by atoms with van der Waals surface area (Å²) in [5.74, 6) is 6.49. The molecule has 1 aromatic rings. The van der Waals surface area contributed by atoms with Crippen molar-refractivity contribution in [1.29, 1.82) is 0 Å². The second kappa shape index (κ2) is 4.92. The predicted octanol–water partition coefficient (Wildman–Crippen LogP) is -1.39. The topological polar surface area (TPSA) is 108 Å². The van der Waals surface area contributed by atoms with Gasteiger partial charge in [-0.15, -0.1) is 0 Å². The van der Waals surface area contributed by atoms with E-state index < -0.39 is 12.2 Å². The monoisotopic (exact) mass is 239 g/mol. The largest absolute Gasteiger partial charge is 0.389 e. The normalized spacial score (nSPS) is 25.2. The van der Waals surface area contributed by atoms with Gasteiger partial charge < -0.3 is 15.6 Å². The number of aliphatic hydroxyl groups is 2. The smallest absolute Gasteiger partial charge is 0.145 e. The Morgan fingerprint density at radius 1 is 1.41 bits per heavy atom. The molecule has 1 aromatic heterocycles. The van der Waals surface area contributed by atoms with Crippen LogP contribution in [0.2, 0.25) is 0 Å². The minimum absolute atomic E-state index is 0.434. The summed E-state index contributed by atoms with van der Waals surface area (Å²) in [5.41, 5.74) is 3.30. The Kier molecular flexibility index (Phi) is 3.53. The summed E-state index contributed by atoms with van der Waals surface area (Å²) in [7, 11) is 0. The molecule has 1 aliphatic rings. The van der Waals surface area contributed by atoms with Gasteiger partial charge in [0.15, 0.2) is 0 Å². The van der Waals surface area contributed by atoms with E-state index in [9.17, 15) is 10.2 Å². The number of aryl methyl sites for hydroxylation is 1. The maximum Gasteiger partial charge on any atom is 0.145 e. The minimum atomic E-state index is -0.688. The fraction of sp³-hybridized carbons (Fsp3) is 0.600. The lowest BCUT2D eigenvalue weighted by molar-refractivity contribution is 0.0572. The maximum atomic E-state index is 9.44. The molecule has 0 bridgehead atoms. The van der Waals surface area contributed by atoms with Crippen LogP contribution in [0.1, 0.15) is 11.5 Å². The number of rotatable bonds is 3. The number of nitrogens with zero attached hydrogens (tertiary/aromatic N) is 3. The van der Waals surface area contributed by atoms with Gasteiger partial charge in [-0.2, -0.15) is 0 Å². The van der Waals surface area contributed by atoms with Gasteiger partial charge in [-0.25, -0.2) is 15.8 Å². The van der Waals surface area contributed by atoms with Crippen molar-refractivity contribution in [3.8, 4) is 0 Å². The zero-order valence-corrected chi connectivity index (χ0v) is 9.67. The number of β-amino-alcohol motifs (C(OH)–C–C–N with tert-alkyl or cyclic N) is 2. The fourth-order valence-corrected chi connectivity index (χ4v) is 1.95. The van der Waals surface area contributed by atoms with E-state index in [-0.39, 0.29) is 0 Å². The number of nitrogen functional groups attached to an aromatic ring is 1. The zero-order valence-electron chi connectivity index (χ0n) is 9.67. The third-order valence-corrected chi connectivity index (χ3v) is 2.75. The first-order valence-electron chi connectivity index (χ1n) is 5.48. The van der Waals surface area contributed by atoms with Crippen LogP contribution in [0.25, 0.3) is 0 Å². The first-order valence-corrected chi connectivity index (χ1v) is 5.48.